The molecule has 0 heterocycles. The van der Waals surface area contributed by atoms with Crippen molar-refractivity contribution in [2.45, 2.75) is 19.4 Å². The van der Waals surface area contributed by atoms with Gasteiger partial charge in [0.2, 0.25) is 0 Å². The predicted octanol–water partition coefficient (Wildman–Crippen LogP) is 4.70. The van der Waals surface area contributed by atoms with Crippen LogP contribution in [0.25, 0.3) is 0 Å². The van der Waals surface area contributed by atoms with Crippen molar-refractivity contribution >= 4 is 33.5 Å². The van der Waals surface area contributed by atoms with E-state index in [0.29, 0.717) is 18.1 Å². The average molecular weight is 370 g/mol. The zero-order valence-corrected chi connectivity index (χ0v) is 13.5. The summed E-state index contributed by atoms with van der Waals surface area (Å²) in [6.07, 6.45) is 0.665. The van der Waals surface area contributed by atoms with Crippen molar-refractivity contribution in [3.05, 3.63) is 63.1 Å². The van der Waals surface area contributed by atoms with Crippen LogP contribution in [-0.2, 0) is 17.8 Å². The lowest BCUT2D eigenvalue weighted by Gasteiger charge is -2.08. The third kappa shape index (κ3) is 5.06. The first-order valence-corrected chi connectivity index (χ1v) is 7.59. The Morgan fingerprint density at radius 2 is 1.81 bits per heavy atom. The molecule has 3 nitrogen and oxygen atoms in total. The van der Waals surface area contributed by atoms with Gasteiger partial charge >= 0.3 is 5.97 Å². The van der Waals surface area contributed by atoms with Gasteiger partial charge in [-0.25, -0.2) is 0 Å². The highest BCUT2D eigenvalue weighted by atomic mass is 79.9. The average Bonchev–Trinajstić information content (AvgIpc) is 2.47. The van der Waals surface area contributed by atoms with Gasteiger partial charge in [-0.3, -0.25) is 4.79 Å². The van der Waals surface area contributed by atoms with E-state index < -0.39 is 5.97 Å². The smallest absolute Gasteiger partial charge is 0.303 e. The lowest BCUT2D eigenvalue weighted by Crippen LogP contribution is -1.98. The molecule has 0 aliphatic carbocycles. The predicted molar refractivity (Wildman–Crippen MR) is 85.9 cm³/mol. The van der Waals surface area contributed by atoms with Gasteiger partial charge in [-0.1, -0.05) is 29.8 Å². The Morgan fingerprint density at radius 3 is 2.43 bits per heavy atom. The molecule has 0 bridgehead atoms. The molecule has 0 fully saturated rings. The van der Waals surface area contributed by atoms with Crippen molar-refractivity contribution in [1.29, 1.82) is 0 Å². The molecule has 0 radical (unpaired) electrons. The van der Waals surface area contributed by atoms with Gasteiger partial charge in [-0.2, -0.15) is 0 Å². The summed E-state index contributed by atoms with van der Waals surface area (Å²) in [7, 11) is 0. The van der Waals surface area contributed by atoms with Crippen molar-refractivity contribution in [3.8, 4) is 5.75 Å². The maximum Gasteiger partial charge on any atom is 0.303 e. The molecular formula is C16H14BrClO3. The maximum absolute atomic E-state index is 10.5. The van der Waals surface area contributed by atoms with E-state index in [-0.39, 0.29) is 6.42 Å². The molecule has 0 aromatic heterocycles. The molecule has 0 aliphatic heterocycles. The van der Waals surface area contributed by atoms with Crippen LogP contribution in [-0.4, -0.2) is 11.1 Å². The van der Waals surface area contributed by atoms with E-state index in [1.807, 2.05) is 42.5 Å². The number of hydrogen-bond donors (Lipinski definition) is 1. The second-order valence-electron chi connectivity index (χ2n) is 4.57. The number of rotatable bonds is 6. The number of aryl methyl sites for hydroxylation is 1. The molecule has 1 N–H and O–H groups in total. The molecule has 110 valence electrons. The Hall–Kier alpha value is -1.52. The van der Waals surface area contributed by atoms with Gasteiger partial charge in [0.15, 0.2) is 0 Å². The Bertz CT molecular complexity index is 626. The van der Waals surface area contributed by atoms with Crippen molar-refractivity contribution < 1.29 is 14.6 Å². The summed E-state index contributed by atoms with van der Waals surface area (Å²) in [5.74, 6) is -0.0382. The van der Waals surface area contributed by atoms with E-state index in [2.05, 4.69) is 15.9 Å². The SMILES string of the molecule is O=C(O)CCc1ccc(OCc2ccc(Cl)c(Br)c2)cc1. The molecule has 0 saturated carbocycles. The molecule has 0 saturated heterocycles. The van der Waals surface area contributed by atoms with E-state index in [0.717, 1.165) is 21.3 Å². The molecule has 0 amide bonds. The molecule has 5 heteroatoms. The van der Waals surface area contributed by atoms with Gasteiger partial charge in [0, 0.05) is 10.9 Å². The summed E-state index contributed by atoms with van der Waals surface area (Å²) in [6, 6.07) is 13.1. The number of carbonyl (C=O) groups is 1. The van der Waals surface area contributed by atoms with Gasteiger partial charge in [0.25, 0.3) is 0 Å². The minimum Gasteiger partial charge on any atom is -0.489 e. The fraction of sp³-hybridized carbons (Fsp3) is 0.188. The number of aliphatic carboxylic acids is 1. The number of hydrogen-bond acceptors (Lipinski definition) is 2. The lowest BCUT2D eigenvalue weighted by molar-refractivity contribution is -0.136. The fourth-order valence-electron chi connectivity index (χ4n) is 1.80. The lowest BCUT2D eigenvalue weighted by atomic mass is 10.1. The van der Waals surface area contributed by atoms with Crippen molar-refractivity contribution in [3.63, 3.8) is 0 Å². The van der Waals surface area contributed by atoms with Crippen LogP contribution < -0.4 is 4.74 Å². The Morgan fingerprint density at radius 1 is 1.14 bits per heavy atom. The number of carboxylic acids is 1. The highest BCUT2D eigenvalue weighted by Gasteiger charge is 2.02. The van der Waals surface area contributed by atoms with Crippen LogP contribution in [0.2, 0.25) is 5.02 Å². The summed E-state index contributed by atoms with van der Waals surface area (Å²) in [5.41, 5.74) is 2.00. The first kappa shape index (κ1) is 15.9. The van der Waals surface area contributed by atoms with E-state index in [1.54, 1.807) is 0 Å². The van der Waals surface area contributed by atoms with Gasteiger partial charge in [-0.15, -0.1) is 0 Å². The number of halogens is 2. The van der Waals surface area contributed by atoms with Crippen LogP contribution >= 0.6 is 27.5 Å². The van der Waals surface area contributed by atoms with Crippen LogP contribution in [0.15, 0.2) is 46.9 Å². The second kappa shape index (κ2) is 7.48. The van der Waals surface area contributed by atoms with Gasteiger partial charge < -0.3 is 9.84 Å². The van der Waals surface area contributed by atoms with E-state index in [4.69, 9.17) is 21.4 Å². The largest absolute Gasteiger partial charge is 0.489 e. The summed E-state index contributed by atoms with van der Waals surface area (Å²) < 4.78 is 6.53. The van der Waals surface area contributed by atoms with E-state index >= 15 is 0 Å². The van der Waals surface area contributed by atoms with Crippen LogP contribution in [0.5, 0.6) is 5.75 Å². The van der Waals surface area contributed by atoms with Gasteiger partial charge in [0.1, 0.15) is 12.4 Å². The third-order valence-electron chi connectivity index (χ3n) is 2.94. The molecule has 0 spiro atoms. The first-order valence-electron chi connectivity index (χ1n) is 6.42. The second-order valence-corrected chi connectivity index (χ2v) is 5.84. The Labute approximate surface area is 136 Å². The fourth-order valence-corrected chi connectivity index (χ4v) is 2.34. The van der Waals surface area contributed by atoms with Crippen molar-refractivity contribution in [2.75, 3.05) is 0 Å². The molecule has 0 unspecified atom stereocenters. The highest BCUT2D eigenvalue weighted by Crippen LogP contribution is 2.24. The van der Waals surface area contributed by atoms with Crippen molar-refractivity contribution in [1.82, 2.24) is 0 Å². The number of ether oxygens (including phenoxy) is 1. The normalized spacial score (nSPS) is 10.4. The van der Waals surface area contributed by atoms with Crippen LogP contribution in [0.4, 0.5) is 0 Å². The minimum atomic E-state index is -0.788. The standard InChI is InChI=1S/C16H14BrClO3/c17-14-9-12(3-7-15(14)18)10-21-13-5-1-11(2-6-13)4-8-16(19)20/h1-3,5-7,9H,4,8,10H2,(H,19,20). The summed E-state index contributed by atoms with van der Waals surface area (Å²) in [6.45, 7) is 0.449. The van der Waals surface area contributed by atoms with Crippen LogP contribution in [0.3, 0.4) is 0 Å². The number of carboxylic acid groups (broad SMARTS) is 1. The maximum atomic E-state index is 10.5. The van der Waals surface area contributed by atoms with Crippen LogP contribution in [0, 0.1) is 0 Å². The minimum absolute atomic E-state index is 0.138. The molecule has 2 aromatic carbocycles. The van der Waals surface area contributed by atoms with Gasteiger partial charge in [0.05, 0.1) is 5.02 Å². The first-order chi connectivity index (χ1) is 10.0. The molecule has 2 rings (SSSR count). The zero-order valence-electron chi connectivity index (χ0n) is 11.2. The third-order valence-corrected chi connectivity index (χ3v) is 4.15. The quantitative estimate of drug-likeness (QED) is 0.803. The van der Waals surface area contributed by atoms with E-state index in [1.165, 1.54) is 0 Å². The Kier molecular flexibility index (Phi) is 5.65. The molecular weight excluding hydrogens is 356 g/mol. The summed E-state index contributed by atoms with van der Waals surface area (Å²) in [5, 5.41) is 9.31. The molecule has 0 atom stereocenters. The number of benzene rings is 2. The summed E-state index contributed by atoms with van der Waals surface area (Å²) in [4.78, 5) is 10.5. The zero-order chi connectivity index (χ0) is 15.2. The van der Waals surface area contributed by atoms with E-state index in [9.17, 15) is 4.79 Å². The monoisotopic (exact) mass is 368 g/mol. The van der Waals surface area contributed by atoms with Crippen molar-refractivity contribution in [2.24, 2.45) is 0 Å². The summed E-state index contributed by atoms with van der Waals surface area (Å²) >= 11 is 9.31. The molecule has 2 aromatic rings. The highest BCUT2D eigenvalue weighted by molar-refractivity contribution is 9.10. The van der Waals surface area contributed by atoms with Crippen LogP contribution in [0.1, 0.15) is 17.5 Å². The molecule has 21 heavy (non-hydrogen) atoms. The van der Waals surface area contributed by atoms with Gasteiger partial charge in [-0.05, 0) is 57.7 Å². The Balaban J connectivity index is 1.91. The molecule has 0 aliphatic rings. The topological polar surface area (TPSA) is 46.5 Å².